The summed E-state index contributed by atoms with van der Waals surface area (Å²) in [7, 11) is 0. The molecule has 0 amide bonds. The van der Waals surface area contributed by atoms with Crippen LogP contribution in [0.2, 0.25) is 0 Å². The molecule has 80 valence electrons. The first-order valence-electron chi connectivity index (χ1n) is 4.58. The van der Waals surface area contributed by atoms with Gasteiger partial charge in [-0.25, -0.2) is 0 Å². The molecule has 0 saturated carbocycles. The van der Waals surface area contributed by atoms with E-state index in [0.29, 0.717) is 11.8 Å². The minimum Gasteiger partial charge on any atom is -0.309 e. The van der Waals surface area contributed by atoms with Crippen molar-refractivity contribution in [2.24, 2.45) is 0 Å². The molecular weight excluding hydrogens is 237 g/mol. The first-order valence-corrected chi connectivity index (χ1v) is 6.59. The van der Waals surface area contributed by atoms with Gasteiger partial charge in [-0.05, 0) is 42.3 Å². The van der Waals surface area contributed by atoms with Crippen LogP contribution in [0.25, 0.3) is 0 Å². The predicted molar refractivity (Wildman–Crippen MR) is 65.9 cm³/mol. The topological polar surface area (TPSA) is 12.0 Å². The molecule has 1 nitrogen and oxygen atoms in total. The predicted octanol–water partition coefficient (Wildman–Crippen LogP) is 3.12. The summed E-state index contributed by atoms with van der Waals surface area (Å²) in [6, 6.07) is 2.14. The molecule has 0 fully saturated rings. The molecule has 0 aromatic carbocycles. The molecule has 0 bridgehead atoms. The highest BCUT2D eigenvalue weighted by Gasteiger charge is 2.20. The van der Waals surface area contributed by atoms with Crippen LogP contribution in [0.1, 0.15) is 12.5 Å². The fourth-order valence-corrected chi connectivity index (χ4v) is 2.25. The lowest BCUT2D eigenvalue weighted by Gasteiger charge is -2.25. The fraction of sp³-hybridized carbons (Fsp3) is 0.600. The lowest BCUT2D eigenvalue weighted by atomic mass is 10.1. The van der Waals surface area contributed by atoms with Crippen molar-refractivity contribution in [3.05, 3.63) is 22.4 Å². The second-order valence-electron chi connectivity index (χ2n) is 3.64. The van der Waals surface area contributed by atoms with Crippen LogP contribution in [0, 0.1) is 0 Å². The molecule has 0 aliphatic heterocycles. The Morgan fingerprint density at radius 1 is 1.43 bits per heavy atom. The molecule has 0 saturated heterocycles. The van der Waals surface area contributed by atoms with Crippen LogP contribution >= 0.6 is 34.5 Å². The van der Waals surface area contributed by atoms with Crippen molar-refractivity contribution in [2.45, 2.75) is 18.9 Å². The van der Waals surface area contributed by atoms with Crippen LogP contribution in [0.4, 0.5) is 0 Å². The van der Waals surface area contributed by atoms with Crippen LogP contribution in [-0.2, 0) is 6.42 Å². The molecule has 4 heteroatoms. The zero-order chi connectivity index (χ0) is 10.4. The van der Waals surface area contributed by atoms with E-state index in [4.69, 9.17) is 23.2 Å². The van der Waals surface area contributed by atoms with E-state index in [1.165, 1.54) is 5.56 Å². The van der Waals surface area contributed by atoms with Gasteiger partial charge in [0.05, 0.1) is 0 Å². The van der Waals surface area contributed by atoms with Gasteiger partial charge in [-0.2, -0.15) is 11.3 Å². The van der Waals surface area contributed by atoms with E-state index in [0.717, 1.165) is 13.0 Å². The summed E-state index contributed by atoms with van der Waals surface area (Å²) in [4.78, 5) is 0. The van der Waals surface area contributed by atoms with Gasteiger partial charge in [0.2, 0.25) is 0 Å². The van der Waals surface area contributed by atoms with Gasteiger partial charge < -0.3 is 5.32 Å². The van der Waals surface area contributed by atoms with E-state index in [9.17, 15) is 0 Å². The number of halogens is 2. The molecule has 0 unspecified atom stereocenters. The van der Waals surface area contributed by atoms with Gasteiger partial charge in [-0.3, -0.25) is 0 Å². The van der Waals surface area contributed by atoms with Crippen LogP contribution in [0.15, 0.2) is 16.8 Å². The summed E-state index contributed by atoms with van der Waals surface area (Å²) >= 11 is 13.4. The van der Waals surface area contributed by atoms with E-state index in [1.807, 2.05) is 6.92 Å². The molecule has 1 aromatic rings. The van der Waals surface area contributed by atoms with E-state index >= 15 is 0 Å². The van der Waals surface area contributed by atoms with Crippen molar-refractivity contribution in [2.75, 3.05) is 18.3 Å². The minimum absolute atomic E-state index is 0.140. The summed E-state index contributed by atoms with van der Waals surface area (Å²) < 4.78 is 0. The quantitative estimate of drug-likeness (QED) is 0.767. The van der Waals surface area contributed by atoms with Crippen LogP contribution < -0.4 is 5.32 Å². The Bertz CT molecular complexity index is 245. The highest BCUT2D eigenvalue weighted by Crippen LogP contribution is 2.10. The van der Waals surface area contributed by atoms with Crippen molar-refractivity contribution in [1.29, 1.82) is 0 Å². The zero-order valence-electron chi connectivity index (χ0n) is 8.22. The number of thiophene rings is 1. The zero-order valence-corrected chi connectivity index (χ0v) is 10.6. The third-order valence-corrected chi connectivity index (χ3v) is 4.05. The molecule has 1 N–H and O–H groups in total. The highest BCUT2D eigenvalue weighted by atomic mass is 35.5. The van der Waals surface area contributed by atoms with E-state index in [1.54, 1.807) is 11.3 Å². The molecule has 0 aliphatic rings. The monoisotopic (exact) mass is 251 g/mol. The maximum Gasteiger partial charge on any atom is 0.0425 e. The number of nitrogens with one attached hydrogen (secondary N) is 1. The number of hydrogen-bond donors (Lipinski definition) is 1. The largest absolute Gasteiger partial charge is 0.309 e. The third-order valence-electron chi connectivity index (χ3n) is 2.14. The van der Waals surface area contributed by atoms with Gasteiger partial charge in [-0.1, -0.05) is 0 Å². The minimum atomic E-state index is -0.140. The molecule has 0 aliphatic carbocycles. The van der Waals surface area contributed by atoms with Crippen molar-refractivity contribution in [3.8, 4) is 0 Å². The summed E-state index contributed by atoms with van der Waals surface area (Å²) in [5, 5.41) is 7.64. The Balaban J connectivity index is 2.27. The standard InChI is InChI=1S/C10H15Cl2NS/c1-10(7-11,8-12)13-4-2-9-3-5-14-6-9/h3,5-6,13H,2,4,7-8H2,1H3. The molecule has 0 spiro atoms. The van der Waals surface area contributed by atoms with Gasteiger partial charge in [0, 0.05) is 17.3 Å². The Labute approximate surface area is 99.4 Å². The molecule has 0 radical (unpaired) electrons. The number of hydrogen-bond acceptors (Lipinski definition) is 2. The SMILES string of the molecule is CC(CCl)(CCl)NCCc1ccsc1. The average molecular weight is 252 g/mol. The summed E-state index contributed by atoms with van der Waals surface area (Å²) in [5.74, 6) is 1.08. The third kappa shape index (κ3) is 3.77. The summed E-state index contributed by atoms with van der Waals surface area (Å²) in [6.45, 7) is 2.97. The Morgan fingerprint density at radius 2 is 2.14 bits per heavy atom. The normalized spacial score (nSPS) is 11.9. The maximum atomic E-state index is 5.82. The number of alkyl halides is 2. The van der Waals surface area contributed by atoms with Crippen molar-refractivity contribution < 1.29 is 0 Å². The lowest BCUT2D eigenvalue weighted by Crippen LogP contribution is -2.46. The van der Waals surface area contributed by atoms with E-state index in [2.05, 4.69) is 22.1 Å². The lowest BCUT2D eigenvalue weighted by molar-refractivity contribution is 0.440. The van der Waals surface area contributed by atoms with Crippen LogP contribution in [0.3, 0.4) is 0 Å². The van der Waals surface area contributed by atoms with E-state index < -0.39 is 0 Å². The first kappa shape index (κ1) is 12.3. The smallest absolute Gasteiger partial charge is 0.0425 e. The van der Waals surface area contributed by atoms with E-state index in [-0.39, 0.29) is 5.54 Å². The average Bonchev–Trinajstić information content (AvgIpc) is 2.70. The molecule has 14 heavy (non-hydrogen) atoms. The molecule has 1 aromatic heterocycles. The fourth-order valence-electron chi connectivity index (χ4n) is 1.07. The molecule has 1 rings (SSSR count). The first-order chi connectivity index (χ1) is 6.70. The summed E-state index contributed by atoms with van der Waals surface area (Å²) in [6.07, 6.45) is 1.03. The number of rotatable bonds is 6. The summed E-state index contributed by atoms with van der Waals surface area (Å²) in [5.41, 5.74) is 1.23. The maximum absolute atomic E-state index is 5.82. The Morgan fingerprint density at radius 3 is 2.64 bits per heavy atom. The Hall–Kier alpha value is 0.240. The highest BCUT2D eigenvalue weighted by molar-refractivity contribution is 7.07. The van der Waals surface area contributed by atoms with Crippen LogP contribution in [-0.4, -0.2) is 23.8 Å². The molecule has 1 heterocycles. The van der Waals surface area contributed by atoms with Crippen molar-refractivity contribution in [3.63, 3.8) is 0 Å². The van der Waals surface area contributed by atoms with Gasteiger partial charge in [0.1, 0.15) is 0 Å². The van der Waals surface area contributed by atoms with Crippen LogP contribution in [0.5, 0.6) is 0 Å². The van der Waals surface area contributed by atoms with Gasteiger partial charge in [-0.15, -0.1) is 23.2 Å². The Kier molecular flexibility index (Phi) is 5.24. The molecule has 0 atom stereocenters. The second-order valence-corrected chi connectivity index (χ2v) is 4.95. The van der Waals surface area contributed by atoms with Crippen molar-refractivity contribution in [1.82, 2.24) is 5.32 Å². The van der Waals surface area contributed by atoms with Crippen molar-refractivity contribution >= 4 is 34.5 Å². The van der Waals surface area contributed by atoms with Gasteiger partial charge in [0.15, 0.2) is 0 Å². The van der Waals surface area contributed by atoms with Gasteiger partial charge in [0.25, 0.3) is 0 Å². The molecular formula is C10H15Cl2NS. The van der Waals surface area contributed by atoms with Gasteiger partial charge >= 0.3 is 0 Å². The second kappa shape index (κ2) is 5.96.